The number of anilines is 4. The molecule has 9 heteroatoms. The van der Waals surface area contributed by atoms with E-state index in [-0.39, 0.29) is 5.91 Å². The quantitative estimate of drug-likeness (QED) is 0.203. The highest BCUT2D eigenvalue weighted by Gasteiger charge is 2.20. The summed E-state index contributed by atoms with van der Waals surface area (Å²) in [5.41, 5.74) is 8.20. The van der Waals surface area contributed by atoms with Gasteiger partial charge < -0.3 is 29.7 Å². The van der Waals surface area contributed by atoms with E-state index in [0.29, 0.717) is 25.1 Å². The van der Waals surface area contributed by atoms with Crippen molar-refractivity contribution in [2.24, 2.45) is 0 Å². The molecule has 1 amide bonds. The Labute approximate surface area is 262 Å². The molecule has 0 aliphatic carbocycles. The summed E-state index contributed by atoms with van der Waals surface area (Å²) >= 11 is 0. The van der Waals surface area contributed by atoms with Gasteiger partial charge in [0.2, 0.25) is 0 Å². The van der Waals surface area contributed by atoms with Crippen molar-refractivity contribution in [1.82, 2.24) is 9.78 Å². The van der Waals surface area contributed by atoms with Gasteiger partial charge in [0.05, 0.1) is 56.1 Å². The zero-order chi connectivity index (χ0) is 30.6. The molecule has 4 aromatic carbocycles. The Hall–Kier alpha value is -5.28. The largest absolute Gasteiger partial charge is 0.496 e. The lowest BCUT2D eigenvalue weighted by molar-refractivity contribution is 0.102. The fourth-order valence-corrected chi connectivity index (χ4v) is 5.80. The van der Waals surface area contributed by atoms with Crippen molar-refractivity contribution >= 4 is 28.7 Å². The van der Waals surface area contributed by atoms with Gasteiger partial charge in [0.15, 0.2) is 0 Å². The van der Waals surface area contributed by atoms with Crippen LogP contribution in [0, 0.1) is 0 Å². The molecule has 0 radical (unpaired) electrons. The molecule has 228 valence electrons. The predicted molar refractivity (Wildman–Crippen MR) is 176 cm³/mol. The van der Waals surface area contributed by atoms with Crippen molar-refractivity contribution in [2.75, 3.05) is 55.6 Å². The van der Waals surface area contributed by atoms with Gasteiger partial charge in [0.1, 0.15) is 11.5 Å². The van der Waals surface area contributed by atoms with Crippen molar-refractivity contribution in [3.63, 3.8) is 0 Å². The summed E-state index contributed by atoms with van der Waals surface area (Å²) in [6.45, 7) is 4.50. The maximum atomic E-state index is 13.3. The van der Waals surface area contributed by atoms with Crippen molar-refractivity contribution in [2.45, 2.75) is 13.0 Å². The molecule has 1 fully saturated rings. The molecular weight excluding hydrogens is 566 g/mol. The summed E-state index contributed by atoms with van der Waals surface area (Å²) in [4.78, 5) is 15.6. The molecule has 45 heavy (non-hydrogen) atoms. The van der Waals surface area contributed by atoms with Crippen LogP contribution in [0.15, 0.2) is 97.3 Å². The van der Waals surface area contributed by atoms with Crippen LogP contribution in [-0.2, 0) is 17.7 Å². The lowest BCUT2D eigenvalue weighted by Gasteiger charge is -2.28. The Morgan fingerprint density at radius 3 is 2.49 bits per heavy atom. The summed E-state index contributed by atoms with van der Waals surface area (Å²) < 4.78 is 19.1. The van der Waals surface area contributed by atoms with E-state index in [1.165, 1.54) is 5.69 Å². The standard InChI is InChI=1S/C36H35N5O4/c1-43-35-23-27(4-5-28(35)24-41-15-2-14-37-41)26-6-11-31-33(22-26)38-32-12-3-25(21-34(32)39-36(31)42)13-18-45-30-9-7-29(8-10-30)40-16-19-44-20-17-40/h2-12,14-15,21-23,38H,13,16-20,24H2,1H3,(H,39,42). The van der Waals surface area contributed by atoms with E-state index in [1.54, 1.807) is 13.3 Å². The van der Waals surface area contributed by atoms with Crippen molar-refractivity contribution in [3.05, 3.63) is 114 Å². The Morgan fingerprint density at radius 1 is 0.867 bits per heavy atom. The number of carbonyl (C=O) groups is 1. The SMILES string of the molecule is COc1cc(-c2ccc3c(c2)Nc2ccc(CCOc4ccc(N5CCOCC5)cc4)cc2NC3=O)ccc1Cn1cccn1. The van der Waals surface area contributed by atoms with Crippen LogP contribution < -0.4 is 25.0 Å². The lowest BCUT2D eigenvalue weighted by Crippen LogP contribution is -2.36. The molecule has 2 aliphatic heterocycles. The summed E-state index contributed by atoms with van der Waals surface area (Å²) in [6, 6.07) is 28.2. The third-order valence-electron chi connectivity index (χ3n) is 8.25. The van der Waals surface area contributed by atoms with Crippen LogP contribution in [0.5, 0.6) is 11.5 Å². The number of hydrogen-bond donors (Lipinski definition) is 2. The third kappa shape index (κ3) is 6.34. The zero-order valence-corrected chi connectivity index (χ0v) is 25.2. The van der Waals surface area contributed by atoms with Crippen LogP contribution in [0.4, 0.5) is 22.7 Å². The third-order valence-corrected chi connectivity index (χ3v) is 8.25. The fraction of sp³-hybridized carbons (Fsp3) is 0.222. The van der Waals surface area contributed by atoms with E-state index >= 15 is 0 Å². The van der Waals surface area contributed by atoms with Gasteiger partial charge in [-0.1, -0.05) is 24.3 Å². The first-order valence-electron chi connectivity index (χ1n) is 15.2. The van der Waals surface area contributed by atoms with Gasteiger partial charge in [-0.2, -0.15) is 5.10 Å². The Bertz CT molecular complexity index is 1800. The Morgan fingerprint density at radius 2 is 1.69 bits per heavy atom. The topological polar surface area (TPSA) is 89.9 Å². The maximum absolute atomic E-state index is 13.3. The van der Waals surface area contributed by atoms with Crippen LogP contribution in [-0.4, -0.2) is 55.7 Å². The van der Waals surface area contributed by atoms with E-state index in [4.69, 9.17) is 14.2 Å². The van der Waals surface area contributed by atoms with Gasteiger partial charge in [-0.3, -0.25) is 9.48 Å². The van der Waals surface area contributed by atoms with Crippen molar-refractivity contribution in [3.8, 4) is 22.6 Å². The molecule has 1 aromatic heterocycles. The minimum Gasteiger partial charge on any atom is -0.496 e. The predicted octanol–water partition coefficient (Wildman–Crippen LogP) is 6.37. The normalized spacial score (nSPS) is 14.1. The average molecular weight is 602 g/mol. The van der Waals surface area contributed by atoms with Gasteiger partial charge >= 0.3 is 0 Å². The second kappa shape index (κ2) is 12.8. The number of fused-ring (bicyclic) bond motifs is 2. The molecule has 0 spiro atoms. The minimum absolute atomic E-state index is 0.149. The van der Waals surface area contributed by atoms with E-state index in [1.807, 2.05) is 65.5 Å². The first-order chi connectivity index (χ1) is 22.1. The van der Waals surface area contributed by atoms with Gasteiger partial charge in [-0.25, -0.2) is 0 Å². The highest BCUT2D eigenvalue weighted by molar-refractivity contribution is 6.12. The first-order valence-corrected chi connectivity index (χ1v) is 15.2. The van der Waals surface area contributed by atoms with Crippen molar-refractivity contribution < 1.29 is 19.0 Å². The van der Waals surface area contributed by atoms with E-state index in [9.17, 15) is 4.79 Å². The highest BCUT2D eigenvalue weighted by atomic mass is 16.5. The number of rotatable bonds is 9. The number of benzene rings is 4. The molecule has 2 aliphatic rings. The molecule has 0 saturated carbocycles. The monoisotopic (exact) mass is 601 g/mol. The minimum atomic E-state index is -0.149. The number of aromatic nitrogens is 2. The molecule has 9 nitrogen and oxygen atoms in total. The fourth-order valence-electron chi connectivity index (χ4n) is 5.80. The Balaban J connectivity index is 1.02. The number of morpholine rings is 1. The van der Waals surface area contributed by atoms with Gasteiger partial charge in [-0.15, -0.1) is 0 Å². The molecule has 3 heterocycles. The number of amides is 1. The molecule has 7 rings (SSSR count). The van der Waals surface area contributed by atoms with Crippen LogP contribution in [0.2, 0.25) is 0 Å². The van der Waals surface area contributed by atoms with Gasteiger partial charge in [0.25, 0.3) is 5.91 Å². The average Bonchev–Trinajstić information content (AvgIpc) is 3.55. The van der Waals surface area contributed by atoms with Gasteiger partial charge in [0, 0.05) is 43.2 Å². The Kier molecular flexibility index (Phi) is 8.07. The van der Waals surface area contributed by atoms with Crippen LogP contribution in [0.3, 0.4) is 0 Å². The van der Waals surface area contributed by atoms with Gasteiger partial charge in [-0.05, 0) is 77.4 Å². The maximum Gasteiger partial charge on any atom is 0.257 e. The van der Waals surface area contributed by atoms with Crippen LogP contribution >= 0.6 is 0 Å². The summed E-state index contributed by atoms with van der Waals surface area (Å²) in [5, 5.41) is 10.9. The van der Waals surface area contributed by atoms with Crippen LogP contribution in [0.25, 0.3) is 11.1 Å². The number of nitrogens with one attached hydrogen (secondary N) is 2. The smallest absolute Gasteiger partial charge is 0.257 e. The number of ether oxygens (including phenoxy) is 3. The summed E-state index contributed by atoms with van der Waals surface area (Å²) in [6.07, 6.45) is 4.40. The second-order valence-corrected chi connectivity index (χ2v) is 11.1. The number of nitrogens with zero attached hydrogens (tertiary/aromatic N) is 3. The van der Waals surface area contributed by atoms with Crippen LogP contribution in [0.1, 0.15) is 21.5 Å². The van der Waals surface area contributed by atoms with E-state index < -0.39 is 0 Å². The molecule has 1 saturated heterocycles. The summed E-state index contributed by atoms with van der Waals surface area (Å²) in [7, 11) is 1.68. The molecule has 0 bridgehead atoms. The second-order valence-electron chi connectivity index (χ2n) is 11.1. The van der Waals surface area contributed by atoms with E-state index in [2.05, 4.69) is 51.0 Å². The lowest BCUT2D eigenvalue weighted by atomic mass is 10.00. The van der Waals surface area contributed by atoms with E-state index in [0.717, 1.165) is 77.1 Å². The highest BCUT2D eigenvalue weighted by Crippen LogP contribution is 2.36. The van der Waals surface area contributed by atoms with Crippen molar-refractivity contribution in [1.29, 1.82) is 0 Å². The molecule has 0 atom stereocenters. The molecular formula is C36H35N5O4. The number of methoxy groups -OCH3 is 1. The number of hydrogen-bond acceptors (Lipinski definition) is 7. The zero-order valence-electron chi connectivity index (χ0n) is 25.2. The molecule has 2 N–H and O–H groups in total. The molecule has 5 aromatic rings. The number of carbonyl (C=O) groups excluding carboxylic acids is 1. The molecule has 0 unspecified atom stereocenters. The first kappa shape index (κ1) is 28.5. The summed E-state index contributed by atoms with van der Waals surface area (Å²) in [5.74, 6) is 1.48.